The summed E-state index contributed by atoms with van der Waals surface area (Å²) in [5.74, 6) is 5.29. The lowest BCUT2D eigenvalue weighted by Crippen LogP contribution is -2.66. The van der Waals surface area contributed by atoms with Gasteiger partial charge in [0.1, 0.15) is 24.4 Å². The molecule has 5 N–H and O–H groups in total. The fraction of sp³-hybridized carbons (Fsp3) is 0.923. The van der Waals surface area contributed by atoms with Gasteiger partial charge < -0.3 is 20.1 Å². The molecule has 118 valence electrons. The molecular weight excluding hydrogens is 264 g/mol. The first-order valence-electron chi connectivity index (χ1n) is 6.75. The molecule has 1 aliphatic rings. The molecule has 7 nitrogen and oxygen atoms in total. The molecule has 1 aliphatic heterocycles. The van der Waals surface area contributed by atoms with Gasteiger partial charge in [-0.1, -0.05) is 20.8 Å². The van der Waals surface area contributed by atoms with E-state index < -0.39 is 43.0 Å². The van der Waals surface area contributed by atoms with Crippen LogP contribution in [0.25, 0.3) is 0 Å². The summed E-state index contributed by atoms with van der Waals surface area (Å²) >= 11 is 0. The van der Waals surface area contributed by atoms with Gasteiger partial charge in [0.05, 0.1) is 12.7 Å². The zero-order valence-corrected chi connectivity index (χ0v) is 12.5. The van der Waals surface area contributed by atoms with Crippen LogP contribution in [0.5, 0.6) is 0 Å². The summed E-state index contributed by atoms with van der Waals surface area (Å²) in [5.41, 5.74) is -0.122. The summed E-state index contributed by atoms with van der Waals surface area (Å²) in [7, 11) is 0. The maximum absolute atomic E-state index is 11.5. The lowest BCUT2D eigenvalue weighted by Gasteiger charge is -2.46. The molecule has 1 rings (SSSR count). The zero-order chi connectivity index (χ0) is 15.7. The molecule has 0 aromatic carbocycles. The zero-order valence-electron chi connectivity index (χ0n) is 12.5. The van der Waals surface area contributed by atoms with Crippen LogP contribution in [-0.2, 0) is 9.53 Å². The van der Waals surface area contributed by atoms with Crippen molar-refractivity contribution in [1.29, 1.82) is 0 Å². The van der Waals surface area contributed by atoms with E-state index in [0.717, 1.165) is 5.01 Å². The molecule has 0 aromatic heterocycles. The molecule has 0 saturated carbocycles. The van der Waals surface area contributed by atoms with Gasteiger partial charge >= 0.3 is 0 Å². The number of carbonyl (C=O) groups is 1. The van der Waals surface area contributed by atoms with Gasteiger partial charge in [0, 0.05) is 6.92 Å². The molecule has 0 radical (unpaired) electrons. The predicted molar refractivity (Wildman–Crippen MR) is 72.3 cm³/mol. The Bertz CT molecular complexity index is 344. The molecule has 1 unspecified atom stereocenters. The molecule has 0 aromatic rings. The topological polar surface area (TPSA) is 116 Å². The average molecular weight is 290 g/mol. The highest BCUT2D eigenvalue weighted by atomic mass is 16.5. The Hall–Kier alpha value is -0.730. The Kier molecular flexibility index (Phi) is 5.51. The summed E-state index contributed by atoms with van der Waals surface area (Å²) in [6, 6.07) is -0.843. The van der Waals surface area contributed by atoms with E-state index in [-0.39, 0.29) is 5.41 Å². The van der Waals surface area contributed by atoms with E-state index in [4.69, 9.17) is 10.6 Å². The van der Waals surface area contributed by atoms with Crippen molar-refractivity contribution in [2.75, 3.05) is 6.61 Å². The molecule has 1 heterocycles. The lowest BCUT2D eigenvalue weighted by molar-refractivity contribution is -0.220. The second kappa shape index (κ2) is 6.36. The molecule has 1 saturated heterocycles. The number of aliphatic hydroxyl groups excluding tert-OH is 3. The molecule has 0 bridgehead atoms. The van der Waals surface area contributed by atoms with Crippen molar-refractivity contribution >= 4 is 5.91 Å². The van der Waals surface area contributed by atoms with Gasteiger partial charge in [-0.3, -0.25) is 9.80 Å². The Morgan fingerprint density at radius 1 is 1.25 bits per heavy atom. The number of hydrazine groups is 1. The van der Waals surface area contributed by atoms with Gasteiger partial charge in [0.15, 0.2) is 0 Å². The van der Waals surface area contributed by atoms with E-state index in [1.54, 1.807) is 0 Å². The maximum atomic E-state index is 11.5. The molecule has 0 spiro atoms. The first-order chi connectivity index (χ1) is 9.08. The summed E-state index contributed by atoms with van der Waals surface area (Å²) in [5, 5.41) is 30.3. The molecule has 1 fully saturated rings. The third-order valence-corrected chi connectivity index (χ3v) is 3.49. The second-order valence-electron chi connectivity index (χ2n) is 6.56. The van der Waals surface area contributed by atoms with Gasteiger partial charge in [0.25, 0.3) is 0 Å². The standard InChI is InChI=1S/C13H26N2O5/c1-7(17)15(14)10-8(5-13(2,3)4)20-9(6-16)11(18)12(10)19/h8-12,16,18-19H,5-6,14H2,1-4H3/t8-,9?,10-,11-,12+/m0/s1. The quantitative estimate of drug-likeness (QED) is 0.301. The first kappa shape index (κ1) is 17.3. The van der Waals surface area contributed by atoms with Crippen molar-refractivity contribution in [3.05, 3.63) is 0 Å². The van der Waals surface area contributed by atoms with Crippen molar-refractivity contribution in [2.24, 2.45) is 11.3 Å². The van der Waals surface area contributed by atoms with E-state index in [9.17, 15) is 20.1 Å². The maximum Gasteiger partial charge on any atom is 0.233 e. The fourth-order valence-electron chi connectivity index (χ4n) is 2.50. The Labute approximate surface area is 119 Å². The van der Waals surface area contributed by atoms with Crippen LogP contribution in [0.1, 0.15) is 34.1 Å². The largest absolute Gasteiger partial charge is 0.394 e. The Balaban J connectivity index is 3.02. The molecule has 7 heteroatoms. The monoisotopic (exact) mass is 290 g/mol. The van der Waals surface area contributed by atoms with Gasteiger partial charge in [-0.05, 0) is 11.8 Å². The van der Waals surface area contributed by atoms with Crippen LogP contribution in [0.2, 0.25) is 0 Å². The molecule has 1 amide bonds. The van der Waals surface area contributed by atoms with Crippen LogP contribution < -0.4 is 5.84 Å². The lowest BCUT2D eigenvalue weighted by atomic mass is 9.82. The second-order valence-corrected chi connectivity index (χ2v) is 6.56. The van der Waals surface area contributed by atoms with Crippen molar-refractivity contribution in [3.63, 3.8) is 0 Å². The van der Waals surface area contributed by atoms with Crippen molar-refractivity contribution in [1.82, 2.24) is 5.01 Å². The molecule has 20 heavy (non-hydrogen) atoms. The minimum atomic E-state index is -1.29. The number of rotatable bonds is 3. The summed E-state index contributed by atoms with van der Waals surface area (Å²) < 4.78 is 5.64. The summed E-state index contributed by atoms with van der Waals surface area (Å²) in [6.07, 6.45) is -3.46. The minimum Gasteiger partial charge on any atom is -0.394 e. The third-order valence-electron chi connectivity index (χ3n) is 3.49. The first-order valence-corrected chi connectivity index (χ1v) is 6.75. The highest BCUT2D eigenvalue weighted by Crippen LogP contribution is 2.32. The number of nitrogens with zero attached hydrogens (tertiary/aromatic N) is 1. The van der Waals surface area contributed by atoms with Gasteiger partial charge in [0.2, 0.25) is 5.91 Å². The highest BCUT2D eigenvalue weighted by molar-refractivity contribution is 5.73. The van der Waals surface area contributed by atoms with Crippen LogP contribution in [0.15, 0.2) is 0 Å². The highest BCUT2D eigenvalue weighted by Gasteiger charge is 2.47. The van der Waals surface area contributed by atoms with Crippen molar-refractivity contribution in [2.45, 2.75) is 64.6 Å². The van der Waals surface area contributed by atoms with E-state index in [1.165, 1.54) is 6.92 Å². The number of aliphatic hydroxyl groups is 3. The number of nitrogens with two attached hydrogens (primary N) is 1. The predicted octanol–water partition coefficient (Wildman–Crippen LogP) is -1.01. The molecule has 5 atom stereocenters. The number of hydrogen-bond acceptors (Lipinski definition) is 6. The van der Waals surface area contributed by atoms with Crippen molar-refractivity contribution < 1.29 is 24.9 Å². The molecular formula is C13H26N2O5. The number of hydrogen-bond donors (Lipinski definition) is 4. The number of ether oxygens (including phenoxy) is 1. The van der Waals surface area contributed by atoms with E-state index >= 15 is 0 Å². The number of amides is 1. The average Bonchev–Trinajstić information content (AvgIpc) is 2.31. The van der Waals surface area contributed by atoms with Crippen LogP contribution in [-0.4, -0.2) is 63.3 Å². The van der Waals surface area contributed by atoms with Crippen LogP contribution in [0.3, 0.4) is 0 Å². The fourth-order valence-corrected chi connectivity index (χ4v) is 2.50. The normalized spacial score (nSPS) is 34.9. The summed E-state index contributed by atoms with van der Waals surface area (Å²) in [6.45, 7) is 6.86. The van der Waals surface area contributed by atoms with E-state index in [2.05, 4.69) is 0 Å². The number of carbonyl (C=O) groups excluding carboxylic acids is 1. The van der Waals surface area contributed by atoms with Crippen LogP contribution >= 0.6 is 0 Å². The van der Waals surface area contributed by atoms with Gasteiger partial charge in [-0.25, -0.2) is 5.84 Å². The summed E-state index contributed by atoms with van der Waals surface area (Å²) in [4.78, 5) is 11.5. The minimum absolute atomic E-state index is 0.122. The van der Waals surface area contributed by atoms with Crippen LogP contribution in [0, 0.1) is 5.41 Å². The molecule has 0 aliphatic carbocycles. The van der Waals surface area contributed by atoms with E-state index in [1.807, 2.05) is 20.8 Å². The van der Waals surface area contributed by atoms with Gasteiger partial charge in [-0.15, -0.1) is 0 Å². The Morgan fingerprint density at radius 3 is 2.20 bits per heavy atom. The van der Waals surface area contributed by atoms with Crippen LogP contribution in [0.4, 0.5) is 0 Å². The SMILES string of the molecule is CC(=O)N(N)[C@@H]1[C@@H](O)[C@@H](O)C(CO)O[C@H]1CC(C)(C)C. The van der Waals surface area contributed by atoms with Gasteiger partial charge in [-0.2, -0.15) is 0 Å². The van der Waals surface area contributed by atoms with Crippen molar-refractivity contribution in [3.8, 4) is 0 Å². The van der Waals surface area contributed by atoms with E-state index in [0.29, 0.717) is 6.42 Å². The smallest absolute Gasteiger partial charge is 0.233 e. The Morgan fingerprint density at radius 2 is 1.80 bits per heavy atom. The third kappa shape index (κ3) is 3.89.